The van der Waals surface area contributed by atoms with Crippen molar-refractivity contribution < 1.29 is 25.1 Å². The molecule has 0 saturated heterocycles. The highest BCUT2D eigenvalue weighted by atomic mass is 17.2. The summed E-state index contributed by atoms with van der Waals surface area (Å²) in [4.78, 5) is 9.38. The first-order chi connectivity index (χ1) is 12.7. The fourth-order valence-electron chi connectivity index (χ4n) is 2.99. The van der Waals surface area contributed by atoms with Crippen LogP contribution in [0.5, 0.6) is 0 Å². The third kappa shape index (κ3) is 20.1. The van der Waals surface area contributed by atoms with E-state index in [0.29, 0.717) is 6.42 Å². The van der Waals surface area contributed by atoms with Crippen molar-refractivity contribution in [2.45, 2.75) is 122 Å². The Labute approximate surface area is 161 Å². The van der Waals surface area contributed by atoms with Crippen LogP contribution in [0.2, 0.25) is 0 Å². The lowest BCUT2D eigenvalue weighted by Crippen LogP contribution is -2.22. The second-order valence-corrected chi connectivity index (χ2v) is 7.41. The zero-order valence-corrected chi connectivity index (χ0v) is 17.0. The van der Waals surface area contributed by atoms with E-state index in [1.807, 2.05) is 0 Å². The van der Waals surface area contributed by atoms with Gasteiger partial charge in [-0.2, -0.15) is 0 Å². The molecule has 0 heterocycles. The molecule has 2 atom stereocenters. The fraction of sp³-hybridized carbons (Fsp3) is 1.00. The van der Waals surface area contributed by atoms with Crippen molar-refractivity contribution in [1.82, 2.24) is 0 Å². The smallest absolute Gasteiger partial charge is 0.188 e. The van der Waals surface area contributed by atoms with Gasteiger partial charge in [0, 0.05) is 6.42 Å². The molecule has 0 radical (unpaired) electrons. The maximum absolute atomic E-state index is 9.55. The molecule has 0 aromatic heterocycles. The highest BCUT2D eigenvalue weighted by Gasteiger charge is 2.07. The molecule has 158 valence electrons. The normalized spacial score (nSPS) is 13.8. The molecule has 0 bridgehead atoms. The second-order valence-electron chi connectivity index (χ2n) is 7.41. The summed E-state index contributed by atoms with van der Waals surface area (Å²) in [7, 11) is 0. The topological polar surface area (TPSA) is 79.2 Å². The summed E-state index contributed by atoms with van der Waals surface area (Å²) in [5.74, 6) is 0. The molecule has 0 aromatic carbocycles. The molecular weight excluding hydrogens is 332 g/mol. The highest BCUT2D eigenvalue weighted by Crippen LogP contribution is 2.14. The number of hydrogen-bond donors (Lipinski definition) is 3. The molecule has 0 aromatic rings. The summed E-state index contributed by atoms with van der Waals surface area (Å²) < 4.78 is 0. The predicted octanol–water partition coefficient (Wildman–Crippen LogP) is 4.87. The summed E-state index contributed by atoms with van der Waals surface area (Å²) in [5.41, 5.74) is 0. The van der Waals surface area contributed by atoms with E-state index < -0.39 is 12.4 Å². The molecule has 5 heteroatoms. The van der Waals surface area contributed by atoms with Gasteiger partial charge in [-0.25, -0.2) is 9.78 Å². The van der Waals surface area contributed by atoms with Gasteiger partial charge < -0.3 is 15.3 Å². The van der Waals surface area contributed by atoms with Crippen molar-refractivity contribution in [2.75, 3.05) is 13.2 Å². The summed E-state index contributed by atoms with van der Waals surface area (Å²) in [6.07, 6.45) is 18.3. The standard InChI is InChI=1S/C21H44O5/c1-2-3-4-5-6-7-8-9-10-11-12-13-14-15-16-17-21(24)26-25-19-20(23)18-22/h20-24H,2-19H2,1H3. The number of unbranched alkanes of at least 4 members (excludes halogenated alkanes) is 14. The molecule has 5 nitrogen and oxygen atoms in total. The zero-order chi connectivity index (χ0) is 19.3. The maximum Gasteiger partial charge on any atom is 0.188 e. The lowest BCUT2D eigenvalue weighted by Gasteiger charge is -2.12. The van der Waals surface area contributed by atoms with Crippen LogP contribution in [0.15, 0.2) is 0 Å². The third-order valence-corrected chi connectivity index (χ3v) is 4.70. The Balaban J connectivity index is 3.12. The molecule has 3 N–H and O–H groups in total. The molecule has 26 heavy (non-hydrogen) atoms. The van der Waals surface area contributed by atoms with Gasteiger partial charge in [0.1, 0.15) is 12.7 Å². The van der Waals surface area contributed by atoms with E-state index in [9.17, 15) is 5.11 Å². The molecule has 0 spiro atoms. The van der Waals surface area contributed by atoms with Gasteiger partial charge in [-0.3, -0.25) is 0 Å². The molecular formula is C21H44O5. The van der Waals surface area contributed by atoms with E-state index in [4.69, 9.17) is 15.1 Å². The summed E-state index contributed by atoms with van der Waals surface area (Å²) in [5, 5.41) is 27.2. The Morgan fingerprint density at radius 3 is 1.50 bits per heavy atom. The van der Waals surface area contributed by atoms with Crippen molar-refractivity contribution >= 4 is 0 Å². The molecule has 0 saturated carbocycles. The molecule has 0 rings (SSSR count). The summed E-state index contributed by atoms with van der Waals surface area (Å²) in [6, 6.07) is 0. The minimum Gasteiger partial charge on any atom is -0.394 e. The Hall–Kier alpha value is -0.200. The summed E-state index contributed by atoms with van der Waals surface area (Å²) in [6.45, 7) is 1.76. The second kappa shape index (κ2) is 21.1. The maximum atomic E-state index is 9.55. The third-order valence-electron chi connectivity index (χ3n) is 4.70. The van der Waals surface area contributed by atoms with Gasteiger partial charge in [0.2, 0.25) is 0 Å². The number of rotatable bonds is 21. The van der Waals surface area contributed by atoms with Crippen LogP contribution in [0.1, 0.15) is 110 Å². The van der Waals surface area contributed by atoms with Crippen molar-refractivity contribution in [3.8, 4) is 0 Å². The van der Waals surface area contributed by atoms with Crippen LogP contribution in [-0.2, 0) is 9.78 Å². The van der Waals surface area contributed by atoms with Crippen LogP contribution >= 0.6 is 0 Å². The van der Waals surface area contributed by atoms with Gasteiger partial charge in [-0.1, -0.05) is 96.8 Å². The minimum absolute atomic E-state index is 0.133. The van der Waals surface area contributed by atoms with Gasteiger partial charge in [-0.15, -0.1) is 0 Å². The van der Waals surface area contributed by atoms with E-state index in [1.165, 1.54) is 83.5 Å². The van der Waals surface area contributed by atoms with Crippen LogP contribution in [-0.4, -0.2) is 40.9 Å². The summed E-state index contributed by atoms with van der Waals surface area (Å²) >= 11 is 0. The van der Waals surface area contributed by atoms with Gasteiger partial charge in [-0.05, 0) is 6.42 Å². The molecule has 0 fully saturated rings. The lowest BCUT2D eigenvalue weighted by atomic mass is 10.0. The Morgan fingerprint density at radius 2 is 1.08 bits per heavy atom. The number of hydrogen-bond acceptors (Lipinski definition) is 5. The minimum atomic E-state index is -0.965. The van der Waals surface area contributed by atoms with Crippen molar-refractivity contribution in [1.29, 1.82) is 0 Å². The van der Waals surface area contributed by atoms with E-state index in [2.05, 4.69) is 11.8 Å². The van der Waals surface area contributed by atoms with Crippen molar-refractivity contribution in [3.63, 3.8) is 0 Å². The van der Waals surface area contributed by atoms with Crippen LogP contribution in [0.25, 0.3) is 0 Å². The first-order valence-corrected chi connectivity index (χ1v) is 11.0. The Morgan fingerprint density at radius 1 is 0.654 bits per heavy atom. The van der Waals surface area contributed by atoms with Gasteiger partial charge in [0.05, 0.1) is 6.61 Å². The average molecular weight is 377 g/mol. The average Bonchev–Trinajstić information content (AvgIpc) is 2.64. The van der Waals surface area contributed by atoms with Crippen LogP contribution < -0.4 is 0 Å². The monoisotopic (exact) mass is 376 g/mol. The van der Waals surface area contributed by atoms with Gasteiger partial charge in [0.25, 0.3) is 0 Å². The van der Waals surface area contributed by atoms with E-state index >= 15 is 0 Å². The van der Waals surface area contributed by atoms with Crippen LogP contribution in [0.4, 0.5) is 0 Å². The highest BCUT2D eigenvalue weighted by molar-refractivity contribution is 4.50. The fourth-order valence-corrected chi connectivity index (χ4v) is 2.99. The quantitative estimate of drug-likeness (QED) is 0.115. The molecule has 0 aliphatic rings. The van der Waals surface area contributed by atoms with Crippen LogP contribution in [0.3, 0.4) is 0 Å². The number of aliphatic hydroxyl groups is 3. The predicted molar refractivity (Wildman–Crippen MR) is 106 cm³/mol. The lowest BCUT2D eigenvalue weighted by molar-refractivity contribution is -0.377. The molecule has 0 aliphatic heterocycles. The largest absolute Gasteiger partial charge is 0.394 e. The number of aliphatic hydroxyl groups excluding tert-OH is 3. The zero-order valence-electron chi connectivity index (χ0n) is 17.0. The molecule has 0 amide bonds. The van der Waals surface area contributed by atoms with E-state index in [0.717, 1.165) is 12.8 Å². The van der Waals surface area contributed by atoms with Crippen molar-refractivity contribution in [3.05, 3.63) is 0 Å². The van der Waals surface area contributed by atoms with E-state index in [1.54, 1.807) is 0 Å². The van der Waals surface area contributed by atoms with Gasteiger partial charge >= 0.3 is 0 Å². The first kappa shape index (κ1) is 25.8. The van der Waals surface area contributed by atoms with Gasteiger partial charge in [0.15, 0.2) is 6.29 Å². The molecule has 2 unspecified atom stereocenters. The van der Waals surface area contributed by atoms with Crippen LogP contribution in [0, 0.1) is 0 Å². The van der Waals surface area contributed by atoms with Crippen molar-refractivity contribution in [2.24, 2.45) is 0 Å². The van der Waals surface area contributed by atoms with E-state index in [-0.39, 0.29) is 13.2 Å². The molecule has 0 aliphatic carbocycles. The first-order valence-electron chi connectivity index (χ1n) is 11.0. The SMILES string of the molecule is CCCCCCCCCCCCCCCCCC(O)OOCC(O)CO. The Bertz CT molecular complexity index is 263. The Kier molecular flexibility index (Phi) is 20.9.